The molecule has 1 unspecified atom stereocenters. The smallest absolute Gasteiger partial charge is 0.0302 e. The van der Waals surface area contributed by atoms with Crippen molar-refractivity contribution in [3.05, 3.63) is 58.3 Å². The highest BCUT2D eigenvalue weighted by Gasteiger charge is 2.19. The fraction of sp³-hybridized carbons (Fsp3) is 0.412. The molecule has 1 fully saturated rings. The van der Waals surface area contributed by atoms with Crippen molar-refractivity contribution in [2.75, 3.05) is 13.1 Å². The molecule has 1 aromatic heterocycles. The van der Waals surface area contributed by atoms with Gasteiger partial charge in [0.15, 0.2) is 0 Å². The minimum absolute atomic E-state index is 0.634. The van der Waals surface area contributed by atoms with Gasteiger partial charge in [-0.05, 0) is 36.4 Å². The van der Waals surface area contributed by atoms with Gasteiger partial charge in [0.25, 0.3) is 0 Å². The van der Waals surface area contributed by atoms with E-state index in [1.54, 1.807) is 0 Å². The van der Waals surface area contributed by atoms with Crippen molar-refractivity contribution >= 4 is 11.3 Å². The van der Waals surface area contributed by atoms with E-state index in [1.807, 2.05) is 11.3 Å². The summed E-state index contributed by atoms with van der Waals surface area (Å²) in [5.41, 5.74) is 1.42. The summed E-state index contributed by atoms with van der Waals surface area (Å²) in [6, 6.07) is 15.8. The Bertz CT molecular complexity index is 495. The molecule has 3 heteroatoms. The molecule has 0 aliphatic carbocycles. The molecule has 0 bridgehead atoms. The van der Waals surface area contributed by atoms with Crippen LogP contribution in [0.4, 0.5) is 0 Å². The van der Waals surface area contributed by atoms with Crippen molar-refractivity contribution < 1.29 is 0 Å². The molecule has 2 nitrogen and oxygen atoms in total. The first-order valence-corrected chi connectivity index (χ1v) is 8.30. The highest BCUT2D eigenvalue weighted by atomic mass is 32.1. The quantitative estimate of drug-likeness (QED) is 0.905. The molecule has 1 aliphatic rings. The Morgan fingerprint density at radius 3 is 2.85 bits per heavy atom. The Hall–Kier alpha value is -1.16. The molecule has 1 aromatic carbocycles. The number of piperidine rings is 1. The lowest BCUT2D eigenvalue weighted by atomic mass is 10.0. The van der Waals surface area contributed by atoms with Crippen LogP contribution in [0, 0.1) is 0 Å². The van der Waals surface area contributed by atoms with E-state index >= 15 is 0 Å². The zero-order valence-corrected chi connectivity index (χ0v) is 12.6. The summed E-state index contributed by atoms with van der Waals surface area (Å²) in [6.07, 6.45) is 2.60. The van der Waals surface area contributed by atoms with Crippen molar-refractivity contribution in [1.82, 2.24) is 10.2 Å². The Kier molecular flexibility index (Phi) is 4.85. The van der Waals surface area contributed by atoms with Crippen molar-refractivity contribution in [2.24, 2.45) is 0 Å². The first-order chi connectivity index (χ1) is 9.90. The van der Waals surface area contributed by atoms with Crippen LogP contribution in [0.15, 0.2) is 47.8 Å². The molecule has 0 radical (unpaired) electrons. The lowest BCUT2D eigenvalue weighted by Crippen LogP contribution is -2.44. The number of hydrogen-bond acceptors (Lipinski definition) is 3. The number of likely N-dealkylation sites (tertiary alicyclic amines) is 1. The second-order valence-electron chi connectivity index (χ2n) is 5.52. The van der Waals surface area contributed by atoms with Crippen LogP contribution in [-0.4, -0.2) is 24.0 Å². The maximum absolute atomic E-state index is 3.71. The van der Waals surface area contributed by atoms with Gasteiger partial charge in [-0.15, -0.1) is 11.3 Å². The average Bonchev–Trinajstić information content (AvgIpc) is 3.00. The third-order valence-electron chi connectivity index (χ3n) is 3.90. The van der Waals surface area contributed by atoms with E-state index in [0.717, 1.165) is 13.1 Å². The number of hydrogen-bond donors (Lipinski definition) is 1. The fourth-order valence-electron chi connectivity index (χ4n) is 2.87. The van der Waals surface area contributed by atoms with Crippen molar-refractivity contribution in [3.8, 4) is 0 Å². The SMILES string of the molecule is c1ccc(CN2CCCC(NCc3cccs3)C2)cc1. The zero-order chi connectivity index (χ0) is 13.6. The average molecular weight is 286 g/mol. The van der Waals surface area contributed by atoms with Crippen LogP contribution in [0.1, 0.15) is 23.3 Å². The standard InChI is InChI=1S/C17H22N2S/c1-2-6-15(7-3-1)13-19-10-4-8-16(14-19)18-12-17-9-5-11-20-17/h1-3,5-7,9,11,16,18H,4,8,10,12-14H2. The summed E-state index contributed by atoms with van der Waals surface area (Å²) < 4.78 is 0. The van der Waals surface area contributed by atoms with Gasteiger partial charge in [-0.1, -0.05) is 36.4 Å². The first kappa shape index (κ1) is 13.8. The predicted molar refractivity (Wildman–Crippen MR) is 85.9 cm³/mol. The predicted octanol–water partition coefficient (Wildman–Crippen LogP) is 3.50. The molecule has 1 aliphatic heterocycles. The van der Waals surface area contributed by atoms with Crippen molar-refractivity contribution in [3.63, 3.8) is 0 Å². The number of nitrogens with zero attached hydrogens (tertiary/aromatic N) is 1. The van der Waals surface area contributed by atoms with E-state index in [1.165, 1.54) is 36.4 Å². The molecule has 1 atom stereocenters. The third-order valence-corrected chi connectivity index (χ3v) is 4.78. The van der Waals surface area contributed by atoms with Crippen LogP contribution in [0.5, 0.6) is 0 Å². The van der Waals surface area contributed by atoms with E-state index in [-0.39, 0.29) is 0 Å². The third kappa shape index (κ3) is 3.92. The van der Waals surface area contributed by atoms with Gasteiger partial charge in [-0.2, -0.15) is 0 Å². The summed E-state index contributed by atoms with van der Waals surface area (Å²) in [6.45, 7) is 4.49. The van der Waals surface area contributed by atoms with E-state index < -0.39 is 0 Å². The van der Waals surface area contributed by atoms with Gasteiger partial charge in [-0.3, -0.25) is 4.90 Å². The van der Waals surface area contributed by atoms with Gasteiger partial charge < -0.3 is 5.32 Å². The van der Waals surface area contributed by atoms with Crippen molar-refractivity contribution in [1.29, 1.82) is 0 Å². The van der Waals surface area contributed by atoms with E-state index in [2.05, 4.69) is 58.1 Å². The molecule has 2 heterocycles. The second kappa shape index (κ2) is 7.02. The molecular formula is C17H22N2S. The minimum atomic E-state index is 0.634. The number of nitrogens with one attached hydrogen (secondary N) is 1. The van der Waals surface area contributed by atoms with E-state index in [4.69, 9.17) is 0 Å². The van der Waals surface area contributed by atoms with Gasteiger partial charge in [0.2, 0.25) is 0 Å². The molecule has 20 heavy (non-hydrogen) atoms. The summed E-state index contributed by atoms with van der Waals surface area (Å²) in [5, 5.41) is 5.86. The van der Waals surface area contributed by atoms with Crippen LogP contribution >= 0.6 is 11.3 Å². The van der Waals surface area contributed by atoms with Gasteiger partial charge in [0.05, 0.1) is 0 Å². The molecule has 2 aromatic rings. The van der Waals surface area contributed by atoms with Crippen molar-refractivity contribution in [2.45, 2.75) is 32.0 Å². The molecule has 1 N–H and O–H groups in total. The van der Waals surface area contributed by atoms with E-state index in [0.29, 0.717) is 6.04 Å². The molecule has 0 amide bonds. The summed E-state index contributed by atoms with van der Waals surface area (Å²) in [5.74, 6) is 0. The first-order valence-electron chi connectivity index (χ1n) is 7.42. The topological polar surface area (TPSA) is 15.3 Å². The van der Waals surface area contributed by atoms with Gasteiger partial charge >= 0.3 is 0 Å². The summed E-state index contributed by atoms with van der Waals surface area (Å²) in [4.78, 5) is 4.01. The number of benzene rings is 1. The van der Waals surface area contributed by atoms with Gasteiger partial charge in [0.1, 0.15) is 0 Å². The van der Waals surface area contributed by atoms with E-state index in [9.17, 15) is 0 Å². The molecule has 0 saturated carbocycles. The Morgan fingerprint density at radius 1 is 1.15 bits per heavy atom. The van der Waals surface area contributed by atoms with Gasteiger partial charge in [-0.25, -0.2) is 0 Å². The Morgan fingerprint density at radius 2 is 2.05 bits per heavy atom. The van der Waals surface area contributed by atoms with Crippen LogP contribution < -0.4 is 5.32 Å². The summed E-state index contributed by atoms with van der Waals surface area (Å²) >= 11 is 1.84. The molecule has 106 valence electrons. The number of thiophene rings is 1. The molecular weight excluding hydrogens is 264 g/mol. The highest BCUT2D eigenvalue weighted by Crippen LogP contribution is 2.15. The largest absolute Gasteiger partial charge is 0.308 e. The van der Waals surface area contributed by atoms with Crippen LogP contribution in [0.3, 0.4) is 0 Å². The van der Waals surface area contributed by atoms with Crippen LogP contribution in [-0.2, 0) is 13.1 Å². The minimum Gasteiger partial charge on any atom is -0.308 e. The lowest BCUT2D eigenvalue weighted by molar-refractivity contribution is 0.183. The number of rotatable bonds is 5. The van der Waals surface area contributed by atoms with Crippen LogP contribution in [0.25, 0.3) is 0 Å². The second-order valence-corrected chi connectivity index (χ2v) is 6.55. The highest BCUT2D eigenvalue weighted by molar-refractivity contribution is 7.09. The van der Waals surface area contributed by atoms with Crippen LogP contribution in [0.2, 0.25) is 0 Å². The fourth-order valence-corrected chi connectivity index (χ4v) is 3.52. The maximum Gasteiger partial charge on any atom is 0.0302 e. The van der Waals surface area contributed by atoms with Gasteiger partial charge in [0, 0.05) is 30.6 Å². The summed E-state index contributed by atoms with van der Waals surface area (Å²) in [7, 11) is 0. The lowest BCUT2D eigenvalue weighted by Gasteiger charge is -2.33. The molecule has 3 rings (SSSR count). The maximum atomic E-state index is 3.71. The zero-order valence-electron chi connectivity index (χ0n) is 11.8. The molecule has 1 saturated heterocycles. The normalized spacial score (nSPS) is 20.1. The Labute approximate surface area is 125 Å². The monoisotopic (exact) mass is 286 g/mol. The molecule has 0 spiro atoms. The Balaban J connectivity index is 1.49.